The van der Waals surface area contributed by atoms with Crippen molar-refractivity contribution in [2.75, 3.05) is 4.90 Å². The van der Waals surface area contributed by atoms with Crippen LogP contribution in [-0.4, -0.2) is 11.9 Å². The summed E-state index contributed by atoms with van der Waals surface area (Å²) in [4.78, 5) is 14.9. The largest absolute Gasteiger partial charge is 0.309 e. The third-order valence-electron chi connectivity index (χ3n) is 3.81. The lowest BCUT2D eigenvalue weighted by atomic mass is 9.90. The second kappa shape index (κ2) is 8.72. The molecular weight excluding hydrogens is 284 g/mol. The van der Waals surface area contributed by atoms with Crippen molar-refractivity contribution in [2.45, 2.75) is 72.8 Å². The standard InChI is InChI=1S/C20H30N2O/c1-6-9-17(10-7-2)22(19(23)14-20(3,4)5)18-12-8-11-16(13-18)15-21/h8,11-13,17H,6-7,9-10,14H2,1-5H3. The van der Waals surface area contributed by atoms with E-state index >= 15 is 0 Å². The highest BCUT2D eigenvalue weighted by atomic mass is 16.2. The van der Waals surface area contributed by atoms with Crippen LogP contribution >= 0.6 is 0 Å². The number of nitrogens with zero attached hydrogens (tertiary/aromatic N) is 2. The Labute approximate surface area is 141 Å². The maximum absolute atomic E-state index is 13.0. The summed E-state index contributed by atoms with van der Waals surface area (Å²) in [6.07, 6.45) is 4.57. The van der Waals surface area contributed by atoms with E-state index in [4.69, 9.17) is 5.26 Å². The molecule has 1 rings (SSSR count). The van der Waals surface area contributed by atoms with Gasteiger partial charge >= 0.3 is 0 Å². The van der Waals surface area contributed by atoms with Crippen LogP contribution in [0.1, 0.15) is 72.3 Å². The van der Waals surface area contributed by atoms with Crippen molar-refractivity contribution in [2.24, 2.45) is 5.41 Å². The van der Waals surface area contributed by atoms with E-state index in [0.717, 1.165) is 31.4 Å². The van der Waals surface area contributed by atoms with Crippen LogP contribution in [0.2, 0.25) is 0 Å². The zero-order chi connectivity index (χ0) is 17.5. The first kappa shape index (κ1) is 19.2. The van der Waals surface area contributed by atoms with E-state index in [0.29, 0.717) is 12.0 Å². The maximum atomic E-state index is 13.0. The molecule has 0 aliphatic carbocycles. The van der Waals surface area contributed by atoms with E-state index < -0.39 is 0 Å². The third-order valence-corrected chi connectivity index (χ3v) is 3.81. The van der Waals surface area contributed by atoms with Crippen molar-refractivity contribution in [1.29, 1.82) is 5.26 Å². The summed E-state index contributed by atoms with van der Waals surface area (Å²) in [7, 11) is 0. The molecule has 1 amide bonds. The van der Waals surface area contributed by atoms with Gasteiger partial charge in [-0.15, -0.1) is 0 Å². The van der Waals surface area contributed by atoms with Crippen molar-refractivity contribution in [3.8, 4) is 6.07 Å². The van der Waals surface area contributed by atoms with E-state index in [-0.39, 0.29) is 17.4 Å². The first-order valence-electron chi connectivity index (χ1n) is 8.64. The molecule has 0 heterocycles. The Morgan fingerprint density at radius 2 is 1.83 bits per heavy atom. The normalized spacial score (nSPS) is 11.3. The van der Waals surface area contributed by atoms with Gasteiger partial charge in [-0.05, 0) is 36.5 Å². The first-order valence-corrected chi connectivity index (χ1v) is 8.64. The highest BCUT2D eigenvalue weighted by Crippen LogP contribution is 2.28. The van der Waals surface area contributed by atoms with E-state index in [1.54, 1.807) is 6.07 Å². The molecule has 0 fully saturated rings. The van der Waals surface area contributed by atoms with Crippen molar-refractivity contribution in [3.63, 3.8) is 0 Å². The highest BCUT2D eigenvalue weighted by molar-refractivity contribution is 5.94. The maximum Gasteiger partial charge on any atom is 0.227 e. The van der Waals surface area contributed by atoms with Crippen molar-refractivity contribution < 1.29 is 4.79 Å². The van der Waals surface area contributed by atoms with Gasteiger partial charge in [-0.3, -0.25) is 4.79 Å². The zero-order valence-electron chi connectivity index (χ0n) is 15.2. The number of rotatable bonds is 7. The Kier molecular flexibility index (Phi) is 7.29. The fourth-order valence-corrected chi connectivity index (χ4v) is 2.89. The average Bonchev–Trinajstić information content (AvgIpc) is 2.46. The molecule has 1 aromatic rings. The number of benzene rings is 1. The second-order valence-electron chi connectivity index (χ2n) is 7.39. The lowest BCUT2D eigenvalue weighted by Crippen LogP contribution is -2.42. The Bertz CT molecular complexity index is 545. The highest BCUT2D eigenvalue weighted by Gasteiger charge is 2.27. The molecule has 0 bridgehead atoms. The van der Waals surface area contributed by atoms with Crippen molar-refractivity contribution in [3.05, 3.63) is 29.8 Å². The predicted octanol–water partition coefficient (Wildman–Crippen LogP) is 5.30. The van der Waals surface area contributed by atoms with Crippen LogP contribution in [0.25, 0.3) is 0 Å². The van der Waals surface area contributed by atoms with Gasteiger partial charge in [0.25, 0.3) is 0 Å². The van der Waals surface area contributed by atoms with Gasteiger partial charge in [-0.25, -0.2) is 0 Å². The molecule has 0 spiro atoms. The molecule has 0 unspecified atom stereocenters. The summed E-state index contributed by atoms with van der Waals surface area (Å²) >= 11 is 0. The molecule has 1 aromatic carbocycles. The molecule has 0 aromatic heterocycles. The Morgan fingerprint density at radius 1 is 1.22 bits per heavy atom. The minimum Gasteiger partial charge on any atom is -0.309 e. The van der Waals surface area contributed by atoms with Crippen LogP contribution in [-0.2, 0) is 4.79 Å². The fraction of sp³-hybridized carbons (Fsp3) is 0.600. The summed E-state index contributed by atoms with van der Waals surface area (Å²) in [6, 6.07) is 9.80. The van der Waals surface area contributed by atoms with E-state index in [9.17, 15) is 4.79 Å². The smallest absolute Gasteiger partial charge is 0.227 e. The van der Waals surface area contributed by atoms with E-state index in [1.807, 2.05) is 23.1 Å². The molecule has 0 radical (unpaired) electrons. The molecule has 23 heavy (non-hydrogen) atoms. The van der Waals surface area contributed by atoms with Crippen LogP contribution in [0.3, 0.4) is 0 Å². The van der Waals surface area contributed by atoms with Gasteiger partial charge in [0.15, 0.2) is 0 Å². The van der Waals surface area contributed by atoms with Gasteiger partial charge in [0, 0.05) is 18.2 Å². The monoisotopic (exact) mass is 314 g/mol. The number of hydrogen-bond donors (Lipinski definition) is 0. The topological polar surface area (TPSA) is 44.1 Å². The molecule has 0 atom stereocenters. The average molecular weight is 314 g/mol. The number of carbonyl (C=O) groups is 1. The first-order chi connectivity index (χ1) is 10.8. The summed E-state index contributed by atoms with van der Waals surface area (Å²) in [5.74, 6) is 0.152. The number of hydrogen-bond acceptors (Lipinski definition) is 2. The number of carbonyl (C=O) groups excluding carboxylic acids is 1. The van der Waals surface area contributed by atoms with Crippen LogP contribution in [0.5, 0.6) is 0 Å². The number of amides is 1. The minimum atomic E-state index is -0.0504. The molecule has 0 N–H and O–H groups in total. The van der Waals surface area contributed by atoms with Gasteiger partial charge in [-0.1, -0.05) is 53.5 Å². The Hall–Kier alpha value is -1.82. The summed E-state index contributed by atoms with van der Waals surface area (Å²) < 4.78 is 0. The SMILES string of the molecule is CCCC(CCC)N(C(=O)CC(C)(C)C)c1cccc(C#N)c1. The van der Waals surface area contributed by atoms with Gasteiger partial charge in [0.1, 0.15) is 0 Å². The summed E-state index contributed by atoms with van der Waals surface area (Å²) in [6.45, 7) is 10.6. The lowest BCUT2D eigenvalue weighted by Gasteiger charge is -2.34. The lowest BCUT2D eigenvalue weighted by molar-refractivity contribution is -0.120. The van der Waals surface area contributed by atoms with E-state index in [1.165, 1.54) is 0 Å². The minimum absolute atomic E-state index is 0.0504. The molecule has 3 nitrogen and oxygen atoms in total. The van der Waals surface area contributed by atoms with Crippen molar-refractivity contribution in [1.82, 2.24) is 0 Å². The molecule has 3 heteroatoms. The zero-order valence-corrected chi connectivity index (χ0v) is 15.2. The number of anilines is 1. The Balaban J connectivity index is 3.23. The number of nitriles is 1. The van der Waals surface area contributed by atoms with Crippen LogP contribution in [0, 0.1) is 16.7 Å². The fourth-order valence-electron chi connectivity index (χ4n) is 2.89. The molecule has 126 valence electrons. The molecular formula is C20H30N2O. The van der Waals surface area contributed by atoms with Gasteiger partial charge in [0.2, 0.25) is 5.91 Å². The van der Waals surface area contributed by atoms with Gasteiger partial charge < -0.3 is 4.90 Å². The van der Waals surface area contributed by atoms with Crippen LogP contribution in [0.4, 0.5) is 5.69 Å². The van der Waals surface area contributed by atoms with Crippen molar-refractivity contribution >= 4 is 11.6 Å². The molecule has 0 aliphatic rings. The van der Waals surface area contributed by atoms with Gasteiger partial charge in [-0.2, -0.15) is 5.26 Å². The van der Waals surface area contributed by atoms with Crippen LogP contribution < -0.4 is 4.90 Å². The summed E-state index contributed by atoms with van der Waals surface area (Å²) in [5, 5.41) is 9.16. The Morgan fingerprint density at radius 3 is 2.30 bits per heavy atom. The molecule has 0 saturated heterocycles. The predicted molar refractivity (Wildman–Crippen MR) is 96.3 cm³/mol. The molecule has 0 saturated carbocycles. The summed E-state index contributed by atoms with van der Waals surface area (Å²) in [5.41, 5.74) is 1.40. The quantitative estimate of drug-likeness (QED) is 0.685. The third kappa shape index (κ3) is 6.06. The molecule has 0 aliphatic heterocycles. The van der Waals surface area contributed by atoms with E-state index in [2.05, 4.69) is 40.7 Å². The second-order valence-corrected chi connectivity index (χ2v) is 7.39. The van der Waals surface area contributed by atoms with Crippen LogP contribution in [0.15, 0.2) is 24.3 Å². The van der Waals surface area contributed by atoms with Gasteiger partial charge in [0.05, 0.1) is 11.6 Å².